The third-order valence-electron chi connectivity index (χ3n) is 4.06. The van der Waals surface area contributed by atoms with E-state index in [1.165, 1.54) is 17.0 Å². The van der Waals surface area contributed by atoms with Crippen molar-refractivity contribution in [3.8, 4) is 0 Å². The molecule has 1 heterocycles. The fourth-order valence-electron chi connectivity index (χ4n) is 2.77. The van der Waals surface area contributed by atoms with E-state index in [1.807, 2.05) is 0 Å². The molecule has 1 aliphatic rings. The first-order valence-corrected chi connectivity index (χ1v) is 8.48. The van der Waals surface area contributed by atoms with Gasteiger partial charge in [0.1, 0.15) is 5.82 Å². The van der Waals surface area contributed by atoms with Crippen LogP contribution in [0.25, 0.3) is 0 Å². The lowest BCUT2D eigenvalue weighted by Gasteiger charge is -2.30. The highest BCUT2D eigenvalue weighted by molar-refractivity contribution is 9.10. The molecule has 2 aromatic carbocycles. The van der Waals surface area contributed by atoms with E-state index in [0.717, 1.165) is 12.1 Å². The molecule has 0 N–H and O–H groups in total. The van der Waals surface area contributed by atoms with Crippen LogP contribution in [0.4, 0.5) is 23.2 Å². The van der Waals surface area contributed by atoms with Gasteiger partial charge in [-0.3, -0.25) is 4.79 Å². The molecule has 8 heteroatoms. The minimum atomic E-state index is -4.49. The number of nitrogens with zero attached hydrogens (tertiary/aromatic N) is 1. The zero-order chi connectivity index (χ0) is 18.4. The Morgan fingerprint density at radius 3 is 2.52 bits per heavy atom. The molecule has 3 rings (SSSR count). The summed E-state index contributed by atoms with van der Waals surface area (Å²) in [5.74, 6) is -0.668. The van der Waals surface area contributed by atoms with E-state index in [0.29, 0.717) is 21.3 Å². The van der Waals surface area contributed by atoms with E-state index in [-0.39, 0.29) is 30.3 Å². The predicted molar refractivity (Wildman–Crippen MR) is 90.1 cm³/mol. The highest BCUT2D eigenvalue weighted by atomic mass is 79.9. The lowest BCUT2D eigenvalue weighted by Crippen LogP contribution is -2.35. The minimum Gasteiger partial charge on any atom is -0.308 e. The maximum atomic E-state index is 14.3. The Morgan fingerprint density at radius 1 is 1.16 bits per heavy atom. The van der Waals surface area contributed by atoms with Gasteiger partial charge in [-0.15, -0.1) is 0 Å². The molecule has 1 aliphatic heterocycles. The first-order valence-electron chi connectivity index (χ1n) is 7.31. The van der Waals surface area contributed by atoms with Crippen LogP contribution in [0, 0.1) is 5.82 Å². The van der Waals surface area contributed by atoms with Crippen LogP contribution >= 0.6 is 27.5 Å². The smallest absolute Gasteiger partial charge is 0.308 e. The van der Waals surface area contributed by atoms with Gasteiger partial charge in [-0.2, -0.15) is 13.2 Å². The quantitative estimate of drug-likeness (QED) is 0.550. The third-order valence-corrected chi connectivity index (χ3v) is 5.03. The maximum Gasteiger partial charge on any atom is 0.416 e. The van der Waals surface area contributed by atoms with Crippen molar-refractivity contribution in [2.75, 3.05) is 4.90 Å². The summed E-state index contributed by atoms with van der Waals surface area (Å²) in [6, 6.07) is 6.08. The Balaban J connectivity index is 1.96. The molecule has 25 heavy (non-hydrogen) atoms. The number of hydrogen-bond acceptors (Lipinski definition) is 1. The average molecular weight is 437 g/mol. The third kappa shape index (κ3) is 3.53. The topological polar surface area (TPSA) is 20.3 Å². The zero-order valence-electron chi connectivity index (χ0n) is 12.6. The molecule has 0 saturated carbocycles. The van der Waals surface area contributed by atoms with Crippen molar-refractivity contribution < 1.29 is 22.4 Å². The Kier molecular flexibility index (Phi) is 4.81. The molecule has 1 amide bonds. The van der Waals surface area contributed by atoms with E-state index < -0.39 is 17.6 Å². The minimum absolute atomic E-state index is 0.0239. The monoisotopic (exact) mass is 435 g/mol. The number of alkyl halides is 3. The fraction of sp³-hybridized carbons (Fsp3) is 0.235. The molecule has 0 bridgehead atoms. The van der Waals surface area contributed by atoms with Crippen LogP contribution in [0.1, 0.15) is 23.1 Å². The van der Waals surface area contributed by atoms with Gasteiger partial charge in [-0.1, -0.05) is 17.7 Å². The Hall–Kier alpha value is -1.60. The van der Waals surface area contributed by atoms with Gasteiger partial charge in [0, 0.05) is 17.0 Å². The van der Waals surface area contributed by atoms with Gasteiger partial charge in [0.15, 0.2) is 0 Å². The number of benzene rings is 2. The van der Waals surface area contributed by atoms with Crippen LogP contribution in [0.5, 0.6) is 0 Å². The van der Waals surface area contributed by atoms with Crippen molar-refractivity contribution in [2.24, 2.45) is 0 Å². The number of amides is 1. The summed E-state index contributed by atoms with van der Waals surface area (Å²) in [6.07, 6.45) is -4.10. The van der Waals surface area contributed by atoms with Crippen LogP contribution in [0.2, 0.25) is 5.02 Å². The highest BCUT2D eigenvalue weighted by Gasteiger charge is 2.32. The van der Waals surface area contributed by atoms with Crippen LogP contribution < -0.4 is 4.90 Å². The largest absolute Gasteiger partial charge is 0.416 e. The summed E-state index contributed by atoms with van der Waals surface area (Å²) in [7, 11) is 0. The molecule has 0 atom stereocenters. The van der Waals surface area contributed by atoms with E-state index in [2.05, 4.69) is 15.9 Å². The first-order chi connectivity index (χ1) is 11.7. The van der Waals surface area contributed by atoms with Crippen molar-refractivity contribution in [1.29, 1.82) is 0 Å². The first kappa shape index (κ1) is 18.2. The lowest BCUT2D eigenvalue weighted by atomic mass is 9.99. The van der Waals surface area contributed by atoms with Gasteiger partial charge in [-0.05, 0) is 52.2 Å². The summed E-state index contributed by atoms with van der Waals surface area (Å²) >= 11 is 9.07. The van der Waals surface area contributed by atoms with Crippen molar-refractivity contribution >= 4 is 39.1 Å². The second kappa shape index (κ2) is 6.61. The van der Waals surface area contributed by atoms with Gasteiger partial charge < -0.3 is 4.90 Å². The summed E-state index contributed by atoms with van der Waals surface area (Å²) in [5.41, 5.74) is 0.311. The molecule has 0 spiro atoms. The summed E-state index contributed by atoms with van der Waals surface area (Å²) < 4.78 is 52.7. The SMILES string of the molecule is O=C1CCc2c(ccc(Br)c2F)N1Cc1ccc(C(F)(F)F)cc1Cl. The lowest BCUT2D eigenvalue weighted by molar-refractivity contribution is -0.137. The number of rotatable bonds is 2. The Labute approximate surface area is 154 Å². The van der Waals surface area contributed by atoms with Gasteiger partial charge in [0.25, 0.3) is 0 Å². The predicted octanol–water partition coefficient (Wildman–Crippen LogP) is 5.74. The van der Waals surface area contributed by atoms with Gasteiger partial charge in [0.2, 0.25) is 5.91 Å². The van der Waals surface area contributed by atoms with Crippen LogP contribution in [0.3, 0.4) is 0 Å². The molecule has 2 aromatic rings. The molecule has 0 saturated heterocycles. The molecular formula is C17H11BrClF4NO. The second-order valence-corrected chi connectivity index (χ2v) is 6.90. The number of hydrogen-bond donors (Lipinski definition) is 0. The molecular weight excluding hydrogens is 426 g/mol. The van der Waals surface area contributed by atoms with E-state index >= 15 is 0 Å². The zero-order valence-corrected chi connectivity index (χ0v) is 15.0. The Bertz CT molecular complexity index is 853. The molecule has 0 aliphatic carbocycles. The van der Waals surface area contributed by atoms with Crippen LogP contribution in [-0.2, 0) is 23.9 Å². The molecule has 0 aromatic heterocycles. The number of carbonyl (C=O) groups excluding carboxylic acids is 1. The summed E-state index contributed by atoms with van der Waals surface area (Å²) in [4.78, 5) is 13.6. The molecule has 132 valence electrons. The molecule has 0 fully saturated rings. The number of fused-ring (bicyclic) bond motifs is 1. The Morgan fingerprint density at radius 2 is 1.88 bits per heavy atom. The van der Waals surface area contributed by atoms with Gasteiger partial charge in [-0.25, -0.2) is 4.39 Å². The number of halogens is 6. The van der Waals surface area contributed by atoms with Crippen molar-refractivity contribution in [1.82, 2.24) is 0 Å². The molecule has 2 nitrogen and oxygen atoms in total. The highest BCUT2D eigenvalue weighted by Crippen LogP contribution is 2.36. The summed E-state index contributed by atoms with van der Waals surface area (Å²) in [5, 5.41) is -0.0904. The van der Waals surface area contributed by atoms with E-state index in [4.69, 9.17) is 11.6 Å². The van der Waals surface area contributed by atoms with Gasteiger partial charge in [0.05, 0.1) is 22.3 Å². The van der Waals surface area contributed by atoms with Gasteiger partial charge >= 0.3 is 6.18 Å². The average Bonchev–Trinajstić information content (AvgIpc) is 2.54. The molecule has 0 unspecified atom stereocenters. The number of anilines is 1. The normalized spacial score (nSPS) is 14.6. The van der Waals surface area contributed by atoms with Crippen molar-refractivity contribution in [3.05, 3.63) is 62.3 Å². The maximum absolute atomic E-state index is 14.3. The fourth-order valence-corrected chi connectivity index (χ4v) is 3.38. The standard InChI is InChI=1S/C17H11BrClF4NO/c18-12-4-5-14-11(16(12)20)3-6-15(25)24(14)8-9-1-2-10(7-13(9)19)17(21,22)23/h1-2,4-5,7H,3,6,8H2. The van der Waals surface area contributed by atoms with Crippen molar-refractivity contribution in [2.45, 2.75) is 25.6 Å². The van der Waals surface area contributed by atoms with Crippen LogP contribution in [-0.4, -0.2) is 5.91 Å². The second-order valence-electron chi connectivity index (χ2n) is 5.64. The van der Waals surface area contributed by atoms with Crippen molar-refractivity contribution in [3.63, 3.8) is 0 Å². The van der Waals surface area contributed by atoms with E-state index in [9.17, 15) is 22.4 Å². The molecule has 0 radical (unpaired) electrons. The van der Waals surface area contributed by atoms with Crippen LogP contribution in [0.15, 0.2) is 34.8 Å². The number of carbonyl (C=O) groups is 1. The summed E-state index contributed by atoms with van der Waals surface area (Å²) in [6.45, 7) is -0.0239. The van der Waals surface area contributed by atoms with E-state index in [1.54, 1.807) is 6.07 Å².